The molecule has 0 spiro atoms. The van der Waals surface area contributed by atoms with Crippen LogP contribution in [0.2, 0.25) is 5.02 Å². The molecule has 3 aliphatic carbocycles. The molecule has 1 saturated heterocycles. The highest BCUT2D eigenvalue weighted by Gasteiger charge is 2.68. The molecule has 1 aromatic heterocycles. The Morgan fingerprint density at radius 2 is 2.12 bits per heavy atom. The second-order valence-electron chi connectivity index (χ2n) is 9.08. The van der Waals surface area contributed by atoms with Crippen molar-refractivity contribution in [1.29, 1.82) is 0 Å². The highest BCUT2D eigenvalue weighted by molar-refractivity contribution is 6.47. The maximum Gasteiger partial charge on any atom is 0.475 e. The van der Waals surface area contributed by atoms with Gasteiger partial charge in [0, 0.05) is 11.3 Å². The maximum atomic E-state index is 6.51. The molecule has 0 amide bonds. The fourth-order valence-electron chi connectivity index (χ4n) is 5.67. The van der Waals surface area contributed by atoms with E-state index in [1.54, 1.807) is 6.26 Å². The van der Waals surface area contributed by atoms with Gasteiger partial charge in [-0.2, -0.15) is 0 Å². The van der Waals surface area contributed by atoms with Gasteiger partial charge in [0.2, 0.25) is 0 Å². The highest BCUT2D eigenvalue weighted by Crippen LogP contribution is 2.65. The molecule has 2 unspecified atom stereocenters. The lowest BCUT2D eigenvalue weighted by Crippen LogP contribution is -2.65. The summed E-state index contributed by atoms with van der Waals surface area (Å²) in [6.07, 6.45) is 4.87. The fourth-order valence-corrected chi connectivity index (χ4v) is 5.88. The van der Waals surface area contributed by atoms with Crippen molar-refractivity contribution in [1.82, 2.24) is 0 Å². The fraction of sp³-hybridized carbons (Fsp3) is 0.600. The molecule has 0 radical (unpaired) electrons. The Morgan fingerprint density at radius 1 is 1.31 bits per heavy atom. The van der Waals surface area contributed by atoms with E-state index in [4.69, 9.17) is 31.1 Å². The van der Waals surface area contributed by atoms with E-state index in [0.29, 0.717) is 28.4 Å². The van der Waals surface area contributed by atoms with E-state index < -0.39 is 0 Å². The summed E-state index contributed by atoms with van der Waals surface area (Å²) in [6.45, 7) is 6.95. The number of rotatable bonds is 3. The van der Waals surface area contributed by atoms with E-state index >= 15 is 0 Å². The molecule has 4 nitrogen and oxygen atoms in total. The van der Waals surface area contributed by atoms with Crippen molar-refractivity contribution in [2.24, 2.45) is 23.0 Å². The van der Waals surface area contributed by atoms with Crippen molar-refractivity contribution >= 4 is 29.7 Å². The Bertz CT molecular complexity index is 868. The molecule has 1 aliphatic heterocycles. The third kappa shape index (κ3) is 2.21. The predicted octanol–water partition coefficient (Wildman–Crippen LogP) is 4.22. The number of furan rings is 1. The van der Waals surface area contributed by atoms with E-state index in [2.05, 4.69) is 20.8 Å². The molecule has 6 heteroatoms. The molecule has 2 bridgehead atoms. The van der Waals surface area contributed by atoms with Crippen LogP contribution < -0.4 is 5.73 Å². The zero-order valence-corrected chi connectivity index (χ0v) is 16.3. The minimum Gasteiger partial charge on any atom is -0.462 e. The number of para-hydroxylation sites is 1. The molecule has 4 aliphatic rings. The van der Waals surface area contributed by atoms with Crippen LogP contribution in [0.25, 0.3) is 11.0 Å². The predicted molar refractivity (Wildman–Crippen MR) is 103 cm³/mol. The summed E-state index contributed by atoms with van der Waals surface area (Å²) in [7, 11) is -0.371. The third-order valence-corrected chi connectivity index (χ3v) is 7.70. The molecule has 2 aromatic rings. The summed E-state index contributed by atoms with van der Waals surface area (Å²) >= 11 is 6.21. The van der Waals surface area contributed by atoms with Gasteiger partial charge in [-0.1, -0.05) is 37.6 Å². The van der Waals surface area contributed by atoms with Crippen LogP contribution in [0, 0.1) is 17.3 Å². The average Bonchev–Trinajstić information content (AvgIpc) is 3.16. The summed E-state index contributed by atoms with van der Waals surface area (Å²) < 4.78 is 18.4. The average molecular weight is 374 g/mol. The second-order valence-corrected chi connectivity index (χ2v) is 9.49. The van der Waals surface area contributed by atoms with E-state index in [-0.39, 0.29) is 24.8 Å². The van der Waals surface area contributed by atoms with E-state index in [9.17, 15) is 0 Å². The van der Waals surface area contributed by atoms with Crippen LogP contribution in [0.1, 0.15) is 39.2 Å². The van der Waals surface area contributed by atoms with Crippen LogP contribution in [0.15, 0.2) is 28.9 Å². The summed E-state index contributed by atoms with van der Waals surface area (Å²) in [5.41, 5.74) is 8.40. The molecule has 3 saturated carbocycles. The molecule has 1 aromatic carbocycles. The van der Waals surface area contributed by atoms with Gasteiger partial charge in [0.25, 0.3) is 0 Å². The lowest BCUT2D eigenvalue weighted by Gasteiger charge is -2.64. The van der Waals surface area contributed by atoms with Crippen LogP contribution in [-0.4, -0.2) is 24.8 Å². The van der Waals surface area contributed by atoms with Crippen LogP contribution in [-0.2, 0) is 15.7 Å². The molecular formula is C20H25BClNO3. The van der Waals surface area contributed by atoms with Crippen LogP contribution >= 0.6 is 11.6 Å². The Balaban J connectivity index is 1.36. The van der Waals surface area contributed by atoms with E-state index in [1.807, 2.05) is 18.2 Å². The van der Waals surface area contributed by atoms with E-state index in [1.165, 1.54) is 6.42 Å². The van der Waals surface area contributed by atoms with Crippen molar-refractivity contribution in [3.05, 3.63) is 35.0 Å². The highest BCUT2D eigenvalue weighted by atomic mass is 35.5. The van der Waals surface area contributed by atoms with Crippen LogP contribution in [0.5, 0.6) is 0 Å². The minimum atomic E-state index is -0.371. The smallest absolute Gasteiger partial charge is 0.462 e. The maximum absolute atomic E-state index is 6.51. The number of fused-ring (bicyclic) bond motifs is 1. The van der Waals surface area contributed by atoms with Gasteiger partial charge >= 0.3 is 7.12 Å². The van der Waals surface area contributed by atoms with Gasteiger partial charge in [-0.05, 0) is 55.1 Å². The number of hydrogen-bond acceptors (Lipinski definition) is 4. The first-order valence-corrected chi connectivity index (χ1v) is 9.92. The lowest BCUT2D eigenvalue weighted by atomic mass is 9.43. The number of nitrogens with two attached hydrogens (primary N) is 1. The molecule has 6 rings (SSSR count). The summed E-state index contributed by atoms with van der Waals surface area (Å²) in [4.78, 5) is 0. The summed E-state index contributed by atoms with van der Waals surface area (Å²) in [5, 5.41) is 1.63. The summed E-state index contributed by atoms with van der Waals surface area (Å²) in [5.74, 6) is 1.05. The minimum absolute atomic E-state index is 0.158. The Labute approximate surface area is 159 Å². The van der Waals surface area contributed by atoms with Gasteiger partial charge in [0.1, 0.15) is 0 Å². The molecule has 5 atom stereocenters. The zero-order chi connectivity index (χ0) is 18.3. The van der Waals surface area contributed by atoms with Crippen molar-refractivity contribution in [3.8, 4) is 0 Å². The number of halogens is 1. The molecule has 26 heavy (non-hydrogen) atoms. The van der Waals surface area contributed by atoms with Crippen molar-refractivity contribution < 1.29 is 13.7 Å². The van der Waals surface area contributed by atoms with E-state index in [0.717, 1.165) is 23.3 Å². The third-order valence-electron chi connectivity index (χ3n) is 7.41. The van der Waals surface area contributed by atoms with Gasteiger partial charge in [-0.3, -0.25) is 0 Å². The Hall–Kier alpha value is -1.01. The Kier molecular flexibility index (Phi) is 3.63. The molecule has 138 valence electrons. The topological polar surface area (TPSA) is 57.6 Å². The standard InChI is InChI=1S/C20H25BClNO3/c1-19(2)12-8-15(19)20(3)16(9-12)25-21(26-20)17(23)7-11-10-24-18-13(11)5-4-6-14(18)22/h4-6,10,12,15-17H,7-9,23H2,1-3H3/t12?,15?,16-,17+,20+/m1/s1. The number of benzene rings is 1. The normalized spacial score (nSPS) is 36.0. The van der Waals surface area contributed by atoms with Crippen LogP contribution in [0.4, 0.5) is 0 Å². The monoisotopic (exact) mass is 373 g/mol. The second kappa shape index (κ2) is 5.51. The van der Waals surface area contributed by atoms with Gasteiger partial charge in [-0.15, -0.1) is 0 Å². The van der Waals surface area contributed by atoms with Crippen molar-refractivity contribution in [3.63, 3.8) is 0 Å². The van der Waals surface area contributed by atoms with Crippen molar-refractivity contribution in [2.45, 2.75) is 57.7 Å². The summed E-state index contributed by atoms with van der Waals surface area (Å²) in [6, 6.07) is 5.78. The first kappa shape index (κ1) is 17.1. The zero-order valence-electron chi connectivity index (χ0n) is 15.5. The van der Waals surface area contributed by atoms with Gasteiger partial charge in [-0.25, -0.2) is 0 Å². The van der Waals surface area contributed by atoms with Gasteiger partial charge in [0.05, 0.1) is 23.0 Å². The van der Waals surface area contributed by atoms with Crippen LogP contribution in [0.3, 0.4) is 0 Å². The van der Waals surface area contributed by atoms with Gasteiger partial charge < -0.3 is 19.5 Å². The molecule has 4 fully saturated rings. The van der Waals surface area contributed by atoms with Crippen molar-refractivity contribution in [2.75, 3.05) is 0 Å². The quantitative estimate of drug-likeness (QED) is 0.818. The largest absolute Gasteiger partial charge is 0.475 e. The molecule has 2 heterocycles. The molecular weight excluding hydrogens is 348 g/mol. The lowest BCUT2D eigenvalue weighted by molar-refractivity contribution is -0.199. The first-order chi connectivity index (χ1) is 12.3. The SMILES string of the molecule is CC1(C)C2CC1[C@]1(C)OB([C@@H](N)Cc3coc4c(Cl)cccc34)O[C@@H]1C2. The Morgan fingerprint density at radius 3 is 2.88 bits per heavy atom. The molecule has 2 N–H and O–H groups in total. The number of hydrogen-bond donors (Lipinski definition) is 1. The first-order valence-electron chi connectivity index (χ1n) is 9.54. The van der Waals surface area contributed by atoms with Gasteiger partial charge in [0.15, 0.2) is 5.58 Å².